The van der Waals surface area contributed by atoms with E-state index < -0.39 is 28.9 Å². The Bertz CT molecular complexity index is 686. The van der Waals surface area contributed by atoms with Gasteiger partial charge in [0.15, 0.2) is 5.60 Å². The van der Waals surface area contributed by atoms with Gasteiger partial charge < -0.3 is 4.74 Å². The number of aromatic nitrogens is 1. The van der Waals surface area contributed by atoms with Gasteiger partial charge in [-0.2, -0.15) is 8.78 Å². The maximum absolute atomic E-state index is 14.6. The van der Waals surface area contributed by atoms with Crippen LogP contribution < -0.4 is 0 Å². The van der Waals surface area contributed by atoms with Crippen molar-refractivity contribution in [3.63, 3.8) is 0 Å². The number of rotatable bonds is 3. The highest BCUT2D eigenvalue weighted by Crippen LogP contribution is 2.56. The van der Waals surface area contributed by atoms with Crippen LogP contribution in [0.1, 0.15) is 11.3 Å². The number of benzene rings is 1. The van der Waals surface area contributed by atoms with Crippen molar-refractivity contribution >= 4 is 22.6 Å². The molecular weight excluding hydrogens is 401 g/mol. The predicted molar refractivity (Wildman–Crippen MR) is 74.8 cm³/mol. The minimum atomic E-state index is -3.52. The van der Waals surface area contributed by atoms with Gasteiger partial charge in [0.25, 0.3) is 0 Å². The number of hydrogen-bond acceptors (Lipinski definition) is 2. The van der Waals surface area contributed by atoms with Crippen molar-refractivity contribution in [1.29, 1.82) is 0 Å². The molecule has 7 heteroatoms. The van der Waals surface area contributed by atoms with Crippen molar-refractivity contribution < 1.29 is 22.3 Å². The second-order valence-corrected chi connectivity index (χ2v) is 5.92. The number of pyridine rings is 1. The molecule has 2 nitrogen and oxygen atoms in total. The zero-order valence-corrected chi connectivity index (χ0v) is 12.6. The van der Waals surface area contributed by atoms with E-state index in [0.29, 0.717) is 9.64 Å². The van der Waals surface area contributed by atoms with Crippen molar-refractivity contribution in [2.75, 3.05) is 6.61 Å². The fraction of sp³-hybridized carbons (Fsp3) is 0.214. The Labute approximate surface area is 131 Å². The Balaban J connectivity index is 2.06. The van der Waals surface area contributed by atoms with Gasteiger partial charge in [-0.25, -0.2) is 8.78 Å². The van der Waals surface area contributed by atoms with E-state index in [2.05, 4.69) is 4.98 Å². The maximum Gasteiger partial charge on any atom is 0.324 e. The first-order valence-electron chi connectivity index (χ1n) is 5.96. The Morgan fingerprint density at radius 1 is 1.19 bits per heavy atom. The van der Waals surface area contributed by atoms with Crippen molar-refractivity contribution in [3.05, 3.63) is 63.0 Å². The molecule has 0 amide bonds. The number of epoxide rings is 1. The normalized spacial score (nSPS) is 21.4. The molecule has 0 saturated carbocycles. The summed E-state index contributed by atoms with van der Waals surface area (Å²) in [5, 5.41) is 0. The van der Waals surface area contributed by atoms with Crippen LogP contribution in [-0.2, 0) is 16.3 Å². The summed E-state index contributed by atoms with van der Waals surface area (Å²) in [5.41, 5.74) is -3.00. The SMILES string of the molecule is Fc1ccc(C2(C(F)(F)c3ccc(I)cn3)CO2)c(F)c1. The molecule has 21 heavy (non-hydrogen) atoms. The molecule has 0 bridgehead atoms. The lowest BCUT2D eigenvalue weighted by Gasteiger charge is -2.24. The van der Waals surface area contributed by atoms with E-state index >= 15 is 0 Å². The van der Waals surface area contributed by atoms with Crippen LogP contribution in [0.3, 0.4) is 0 Å². The zero-order chi connectivity index (χ0) is 15.3. The number of hydrogen-bond donors (Lipinski definition) is 0. The summed E-state index contributed by atoms with van der Waals surface area (Å²) in [4.78, 5) is 3.69. The molecule has 3 rings (SSSR count). The van der Waals surface area contributed by atoms with Gasteiger partial charge >= 0.3 is 5.92 Å². The quantitative estimate of drug-likeness (QED) is 0.436. The monoisotopic (exact) mass is 409 g/mol. The van der Waals surface area contributed by atoms with Crippen LogP contribution in [0.4, 0.5) is 17.6 Å². The highest BCUT2D eigenvalue weighted by Gasteiger charge is 2.68. The molecule has 0 aliphatic carbocycles. The minimum absolute atomic E-state index is 0.351. The molecule has 1 aromatic carbocycles. The summed E-state index contributed by atoms with van der Waals surface area (Å²) >= 11 is 1.94. The Morgan fingerprint density at radius 3 is 2.43 bits per heavy atom. The van der Waals surface area contributed by atoms with Crippen molar-refractivity contribution in [2.45, 2.75) is 11.5 Å². The summed E-state index contributed by atoms with van der Waals surface area (Å²) in [5.74, 6) is -5.41. The van der Waals surface area contributed by atoms with Crippen molar-refractivity contribution in [1.82, 2.24) is 4.98 Å². The summed E-state index contributed by atoms with van der Waals surface area (Å²) in [6.45, 7) is -0.351. The van der Waals surface area contributed by atoms with E-state index in [-0.39, 0.29) is 12.2 Å². The third-order valence-electron chi connectivity index (χ3n) is 3.36. The maximum atomic E-state index is 14.6. The lowest BCUT2D eigenvalue weighted by molar-refractivity contribution is -0.0902. The molecule has 1 saturated heterocycles. The van der Waals surface area contributed by atoms with Crippen LogP contribution in [0, 0.1) is 15.2 Å². The van der Waals surface area contributed by atoms with Crippen LogP contribution in [0.15, 0.2) is 36.5 Å². The van der Waals surface area contributed by atoms with E-state index in [0.717, 1.165) is 12.1 Å². The minimum Gasteiger partial charge on any atom is -0.357 e. The molecule has 2 aromatic rings. The van der Waals surface area contributed by atoms with Gasteiger partial charge in [0, 0.05) is 21.4 Å². The van der Waals surface area contributed by atoms with Crippen LogP contribution >= 0.6 is 22.6 Å². The third kappa shape index (κ3) is 2.32. The molecule has 1 aliphatic heterocycles. The molecule has 0 spiro atoms. The Morgan fingerprint density at radius 2 is 1.90 bits per heavy atom. The van der Waals surface area contributed by atoms with Crippen LogP contribution in [0.5, 0.6) is 0 Å². The van der Waals surface area contributed by atoms with Crippen LogP contribution in [0.25, 0.3) is 0 Å². The molecular formula is C14H8F4INO. The number of halogens is 5. The van der Waals surface area contributed by atoms with Crippen molar-refractivity contribution in [2.24, 2.45) is 0 Å². The second kappa shape index (κ2) is 4.91. The molecule has 110 valence electrons. The standard InChI is InChI=1S/C14H8F4INO/c15-8-1-3-10(11(16)5-8)13(7-21-13)14(17,18)12-4-2-9(19)6-20-12/h1-6H,7H2. The third-order valence-corrected chi connectivity index (χ3v) is 3.99. The molecule has 0 radical (unpaired) electrons. The van der Waals surface area contributed by atoms with E-state index in [9.17, 15) is 17.6 Å². The smallest absolute Gasteiger partial charge is 0.324 e. The van der Waals surface area contributed by atoms with E-state index in [4.69, 9.17) is 4.74 Å². The predicted octanol–water partition coefficient (Wildman–Crippen LogP) is 3.98. The summed E-state index contributed by atoms with van der Waals surface area (Å²) in [6.07, 6.45) is 1.29. The Hall–Kier alpha value is -1.22. The summed E-state index contributed by atoms with van der Waals surface area (Å²) in [6, 6.07) is 5.13. The highest BCUT2D eigenvalue weighted by molar-refractivity contribution is 14.1. The topological polar surface area (TPSA) is 25.4 Å². The first-order valence-corrected chi connectivity index (χ1v) is 7.04. The van der Waals surface area contributed by atoms with Gasteiger partial charge in [0.05, 0.1) is 6.61 Å². The molecule has 1 aromatic heterocycles. The van der Waals surface area contributed by atoms with Gasteiger partial charge in [-0.15, -0.1) is 0 Å². The fourth-order valence-corrected chi connectivity index (χ4v) is 2.48. The first kappa shape index (κ1) is 14.7. The average Bonchev–Trinajstić information content (AvgIpc) is 3.21. The van der Waals surface area contributed by atoms with E-state index in [1.807, 2.05) is 22.6 Å². The zero-order valence-electron chi connectivity index (χ0n) is 10.4. The Kier molecular flexibility index (Phi) is 3.44. The highest BCUT2D eigenvalue weighted by atomic mass is 127. The van der Waals surface area contributed by atoms with E-state index in [1.54, 1.807) is 0 Å². The first-order chi connectivity index (χ1) is 9.87. The number of ether oxygens (including phenoxy) is 1. The largest absolute Gasteiger partial charge is 0.357 e. The van der Waals surface area contributed by atoms with Gasteiger partial charge in [-0.1, -0.05) is 0 Å². The average molecular weight is 409 g/mol. The molecule has 0 N–H and O–H groups in total. The summed E-state index contributed by atoms with van der Waals surface area (Å²) in [7, 11) is 0. The summed E-state index contributed by atoms with van der Waals surface area (Å²) < 4.78 is 61.6. The number of nitrogens with zero attached hydrogens (tertiary/aromatic N) is 1. The second-order valence-electron chi connectivity index (χ2n) is 4.68. The molecule has 1 atom stereocenters. The molecule has 2 heterocycles. The van der Waals surface area contributed by atoms with Crippen LogP contribution in [0.2, 0.25) is 0 Å². The molecule has 1 unspecified atom stereocenters. The lowest BCUT2D eigenvalue weighted by atomic mass is 9.90. The van der Waals surface area contributed by atoms with Crippen molar-refractivity contribution in [3.8, 4) is 0 Å². The van der Waals surface area contributed by atoms with Crippen LogP contribution in [-0.4, -0.2) is 11.6 Å². The lowest BCUT2D eigenvalue weighted by Crippen LogP contribution is -2.34. The van der Waals surface area contributed by atoms with Gasteiger partial charge in [0.1, 0.15) is 17.3 Å². The fourth-order valence-electron chi connectivity index (χ4n) is 2.16. The number of alkyl halides is 2. The van der Waals surface area contributed by atoms with Gasteiger partial charge in [-0.3, -0.25) is 4.98 Å². The van der Waals surface area contributed by atoms with E-state index in [1.165, 1.54) is 18.3 Å². The molecule has 1 fully saturated rings. The molecule has 1 aliphatic rings. The van der Waals surface area contributed by atoms with Gasteiger partial charge in [0.2, 0.25) is 0 Å². The van der Waals surface area contributed by atoms with Gasteiger partial charge in [-0.05, 0) is 46.9 Å².